The third kappa shape index (κ3) is 3.14. The Morgan fingerprint density at radius 1 is 1.20 bits per heavy atom. The average Bonchev–Trinajstić information content (AvgIpc) is 2.60. The van der Waals surface area contributed by atoms with Gasteiger partial charge in [-0.1, -0.05) is 13.8 Å². The van der Waals surface area contributed by atoms with Crippen LogP contribution >= 0.6 is 0 Å². The molecule has 0 saturated heterocycles. The topological polar surface area (TPSA) is 92.0 Å². The summed E-state index contributed by atoms with van der Waals surface area (Å²) in [6, 6.07) is 3.35. The molecule has 1 fully saturated rings. The number of nitrogens with two attached hydrogens (primary N) is 1. The van der Waals surface area contributed by atoms with Crippen LogP contribution in [0.3, 0.4) is 0 Å². The van der Waals surface area contributed by atoms with Gasteiger partial charge in [-0.15, -0.1) is 0 Å². The fourth-order valence-corrected chi connectivity index (χ4v) is 3.22. The molecule has 25 heavy (non-hydrogen) atoms. The van der Waals surface area contributed by atoms with Crippen LogP contribution in [0.1, 0.15) is 27.2 Å². The van der Waals surface area contributed by atoms with Gasteiger partial charge in [0.25, 0.3) is 0 Å². The summed E-state index contributed by atoms with van der Waals surface area (Å²) in [5.74, 6) is 1.13. The first-order valence-corrected chi connectivity index (χ1v) is 8.27. The van der Waals surface area contributed by atoms with Gasteiger partial charge in [0.1, 0.15) is 5.54 Å². The van der Waals surface area contributed by atoms with Crippen LogP contribution in [0.25, 0.3) is 0 Å². The Morgan fingerprint density at radius 2 is 1.76 bits per heavy atom. The van der Waals surface area contributed by atoms with E-state index in [1.807, 2.05) is 20.8 Å². The number of rotatable bonds is 7. The molecule has 7 nitrogen and oxygen atoms in total. The van der Waals surface area contributed by atoms with E-state index in [-0.39, 0.29) is 12.0 Å². The molecule has 1 amide bonds. The van der Waals surface area contributed by atoms with Gasteiger partial charge in [0.15, 0.2) is 11.5 Å². The Bertz CT molecular complexity index is 621. The number of methoxy groups -OCH3 is 3. The molecule has 1 aromatic rings. The van der Waals surface area contributed by atoms with Crippen LogP contribution < -0.4 is 25.3 Å². The lowest BCUT2D eigenvalue weighted by Gasteiger charge is -2.57. The Labute approximate surface area is 148 Å². The molecule has 7 heteroatoms. The normalized spacial score (nSPS) is 24.2. The number of benzene rings is 1. The number of carbonyl (C=O) groups is 1. The van der Waals surface area contributed by atoms with E-state index in [0.29, 0.717) is 36.0 Å². The number of ether oxygens (including phenoxy) is 4. The van der Waals surface area contributed by atoms with Crippen LogP contribution in [0.5, 0.6) is 17.2 Å². The number of anilines is 1. The second-order valence-electron chi connectivity index (χ2n) is 6.71. The number of nitrogens with one attached hydrogen (secondary N) is 1. The van der Waals surface area contributed by atoms with E-state index in [1.165, 1.54) is 21.3 Å². The number of hydrogen-bond donors (Lipinski definition) is 2. The van der Waals surface area contributed by atoms with Crippen LogP contribution in [0, 0.1) is 5.41 Å². The molecular formula is C18H28N2O5. The zero-order valence-electron chi connectivity index (χ0n) is 15.8. The molecule has 1 aromatic carbocycles. The minimum atomic E-state index is -1.01. The zero-order chi connectivity index (χ0) is 18.8. The SMILES string of the molecule is CCOC1CC(N)(C(=O)Nc2cc(OC)c(OC)c(OC)c2)C1(C)C. The summed E-state index contributed by atoms with van der Waals surface area (Å²) in [4.78, 5) is 12.8. The van der Waals surface area contributed by atoms with Crippen molar-refractivity contribution in [3.8, 4) is 17.2 Å². The van der Waals surface area contributed by atoms with Crippen LogP contribution in [0.4, 0.5) is 5.69 Å². The van der Waals surface area contributed by atoms with Crippen LogP contribution in [-0.4, -0.2) is 45.5 Å². The second kappa shape index (κ2) is 7.09. The molecule has 140 valence electrons. The molecular weight excluding hydrogens is 324 g/mol. The van der Waals surface area contributed by atoms with Crippen molar-refractivity contribution in [3.05, 3.63) is 12.1 Å². The first kappa shape index (κ1) is 19.3. The van der Waals surface area contributed by atoms with Gasteiger partial charge in [-0.25, -0.2) is 0 Å². The van der Waals surface area contributed by atoms with E-state index >= 15 is 0 Å². The van der Waals surface area contributed by atoms with Crippen LogP contribution in [0.2, 0.25) is 0 Å². The maximum absolute atomic E-state index is 12.8. The molecule has 1 aliphatic rings. The average molecular weight is 352 g/mol. The molecule has 0 heterocycles. The monoisotopic (exact) mass is 352 g/mol. The van der Waals surface area contributed by atoms with E-state index in [1.54, 1.807) is 12.1 Å². The molecule has 0 spiro atoms. The maximum atomic E-state index is 12.8. The molecule has 0 bridgehead atoms. The minimum absolute atomic E-state index is 0.0341. The highest BCUT2D eigenvalue weighted by Gasteiger charge is 2.62. The van der Waals surface area contributed by atoms with Crippen molar-refractivity contribution in [1.82, 2.24) is 0 Å². The Kier molecular flexibility index (Phi) is 5.49. The number of carbonyl (C=O) groups excluding carboxylic acids is 1. The summed E-state index contributed by atoms with van der Waals surface area (Å²) in [5, 5.41) is 2.87. The highest BCUT2D eigenvalue weighted by molar-refractivity contribution is 6.00. The summed E-state index contributed by atoms with van der Waals surface area (Å²) in [5.41, 5.74) is 5.47. The van der Waals surface area contributed by atoms with Crippen molar-refractivity contribution in [3.63, 3.8) is 0 Å². The Balaban J connectivity index is 2.24. The van der Waals surface area contributed by atoms with Crippen molar-refractivity contribution in [2.45, 2.75) is 38.8 Å². The predicted molar refractivity (Wildman–Crippen MR) is 95.5 cm³/mol. The highest BCUT2D eigenvalue weighted by atomic mass is 16.5. The van der Waals surface area contributed by atoms with Crippen molar-refractivity contribution in [2.75, 3.05) is 33.3 Å². The summed E-state index contributed by atoms with van der Waals surface area (Å²) in [6.45, 7) is 6.43. The van der Waals surface area contributed by atoms with E-state index in [4.69, 9.17) is 24.7 Å². The largest absolute Gasteiger partial charge is 0.493 e. The third-order valence-electron chi connectivity index (χ3n) is 5.16. The van der Waals surface area contributed by atoms with Gasteiger partial charge in [-0.05, 0) is 6.92 Å². The fourth-order valence-electron chi connectivity index (χ4n) is 3.22. The number of hydrogen-bond acceptors (Lipinski definition) is 6. The van der Waals surface area contributed by atoms with Gasteiger partial charge in [0.2, 0.25) is 11.7 Å². The summed E-state index contributed by atoms with van der Waals surface area (Å²) >= 11 is 0. The van der Waals surface area contributed by atoms with Crippen LogP contribution in [0.15, 0.2) is 12.1 Å². The summed E-state index contributed by atoms with van der Waals surface area (Å²) in [7, 11) is 4.57. The number of amides is 1. The van der Waals surface area contributed by atoms with Gasteiger partial charge < -0.3 is 30.0 Å². The molecule has 0 aromatic heterocycles. The van der Waals surface area contributed by atoms with E-state index in [9.17, 15) is 4.79 Å². The summed E-state index contributed by atoms with van der Waals surface area (Å²) in [6.07, 6.45) is 0.442. The van der Waals surface area contributed by atoms with Crippen molar-refractivity contribution in [1.29, 1.82) is 0 Å². The van der Waals surface area contributed by atoms with E-state index < -0.39 is 11.0 Å². The van der Waals surface area contributed by atoms with E-state index in [2.05, 4.69) is 5.32 Å². The van der Waals surface area contributed by atoms with Crippen molar-refractivity contribution < 1.29 is 23.7 Å². The van der Waals surface area contributed by atoms with Gasteiger partial charge in [-0.2, -0.15) is 0 Å². The molecule has 2 atom stereocenters. The third-order valence-corrected chi connectivity index (χ3v) is 5.16. The maximum Gasteiger partial charge on any atom is 0.245 e. The van der Waals surface area contributed by atoms with Gasteiger partial charge in [-0.3, -0.25) is 4.79 Å². The molecule has 0 aliphatic heterocycles. The Hall–Kier alpha value is -1.99. The van der Waals surface area contributed by atoms with Gasteiger partial charge in [0.05, 0.1) is 27.4 Å². The van der Waals surface area contributed by atoms with Crippen molar-refractivity contribution >= 4 is 11.6 Å². The zero-order valence-corrected chi connectivity index (χ0v) is 15.8. The lowest BCUT2D eigenvalue weighted by Crippen LogP contribution is -2.74. The molecule has 1 saturated carbocycles. The fraction of sp³-hybridized carbons (Fsp3) is 0.611. The Morgan fingerprint density at radius 3 is 2.16 bits per heavy atom. The molecule has 1 aliphatic carbocycles. The van der Waals surface area contributed by atoms with Crippen molar-refractivity contribution in [2.24, 2.45) is 11.1 Å². The molecule has 2 rings (SSSR count). The quantitative estimate of drug-likeness (QED) is 0.781. The predicted octanol–water partition coefficient (Wildman–Crippen LogP) is 2.18. The second-order valence-corrected chi connectivity index (χ2v) is 6.71. The first-order chi connectivity index (χ1) is 11.7. The first-order valence-electron chi connectivity index (χ1n) is 8.27. The van der Waals surface area contributed by atoms with Gasteiger partial charge >= 0.3 is 0 Å². The molecule has 0 radical (unpaired) electrons. The lowest BCUT2D eigenvalue weighted by molar-refractivity contribution is -0.166. The summed E-state index contributed by atoms with van der Waals surface area (Å²) < 4.78 is 21.6. The van der Waals surface area contributed by atoms with E-state index in [0.717, 1.165) is 0 Å². The minimum Gasteiger partial charge on any atom is -0.493 e. The standard InChI is InChI=1S/C18H28N2O5/c1-7-25-14-10-18(19,17(14,2)3)16(21)20-11-8-12(22-4)15(24-6)13(9-11)23-5/h8-9,14H,7,10,19H2,1-6H3,(H,20,21). The molecule has 3 N–H and O–H groups in total. The smallest absolute Gasteiger partial charge is 0.245 e. The highest BCUT2D eigenvalue weighted by Crippen LogP contribution is 2.50. The lowest BCUT2D eigenvalue weighted by atomic mass is 9.54. The van der Waals surface area contributed by atoms with Crippen LogP contribution in [-0.2, 0) is 9.53 Å². The van der Waals surface area contributed by atoms with Gasteiger partial charge in [0, 0.05) is 36.3 Å². The molecule has 2 unspecified atom stereocenters.